The van der Waals surface area contributed by atoms with Crippen molar-refractivity contribution in [3.8, 4) is 5.88 Å². The molecule has 1 aromatic rings. The van der Waals surface area contributed by atoms with Crippen molar-refractivity contribution in [1.82, 2.24) is 9.55 Å². The van der Waals surface area contributed by atoms with Gasteiger partial charge >= 0.3 is 0 Å². The van der Waals surface area contributed by atoms with E-state index in [-0.39, 0.29) is 11.0 Å². The molecule has 0 unspecified atom stereocenters. The zero-order valence-electron chi connectivity index (χ0n) is 6.63. The molecule has 0 amide bonds. The van der Waals surface area contributed by atoms with Gasteiger partial charge in [-0.15, -0.1) is 0 Å². The molecule has 1 heterocycles. The van der Waals surface area contributed by atoms with Crippen LogP contribution >= 0.6 is 11.6 Å². The Labute approximate surface area is 70.6 Å². The van der Waals surface area contributed by atoms with Crippen molar-refractivity contribution in [2.45, 2.75) is 19.8 Å². The number of hydrogen-bond donors (Lipinski definition) is 1. The van der Waals surface area contributed by atoms with Gasteiger partial charge in [0.05, 0.1) is 0 Å². The largest absolute Gasteiger partial charge is 0.492 e. The molecule has 0 aromatic carbocycles. The lowest BCUT2D eigenvalue weighted by molar-refractivity contribution is 0.428. The summed E-state index contributed by atoms with van der Waals surface area (Å²) in [6.45, 7) is 2.06. The Morgan fingerprint density at radius 3 is 2.64 bits per heavy atom. The fourth-order valence-electron chi connectivity index (χ4n) is 0.946. The van der Waals surface area contributed by atoms with Crippen LogP contribution in [0.4, 0.5) is 0 Å². The van der Waals surface area contributed by atoms with Crippen molar-refractivity contribution in [3.63, 3.8) is 0 Å². The molecule has 1 N–H and O–H groups in total. The summed E-state index contributed by atoms with van der Waals surface area (Å²) in [6, 6.07) is 0. The lowest BCUT2D eigenvalue weighted by atomic mass is 10.3. The molecule has 0 aliphatic heterocycles. The van der Waals surface area contributed by atoms with Crippen LogP contribution in [0.1, 0.15) is 19.2 Å². The molecule has 0 radical (unpaired) electrons. The molecule has 0 fully saturated rings. The molecule has 0 atom stereocenters. The molecule has 1 rings (SSSR count). The highest BCUT2D eigenvalue weighted by Gasteiger charge is 2.09. The quantitative estimate of drug-likeness (QED) is 0.742. The van der Waals surface area contributed by atoms with Crippen molar-refractivity contribution < 1.29 is 5.11 Å². The predicted octanol–water partition coefficient (Wildman–Crippen LogP) is 1.73. The van der Waals surface area contributed by atoms with Gasteiger partial charge in [0.1, 0.15) is 5.82 Å². The number of aromatic hydroxyl groups is 1. The van der Waals surface area contributed by atoms with Crippen molar-refractivity contribution in [1.29, 1.82) is 0 Å². The Balaban J connectivity index is 2.98. The molecule has 0 saturated heterocycles. The van der Waals surface area contributed by atoms with Crippen LogP contribution < -0.4 is 0 Å². The van der Waals surface area contributed by atoms with Crippen LogP contribution in [-0.4, -0.2) is 14.7 Å². The van der Waals surface area contributed by atoms with E-state index in [1.54, 1.807) is 11.6 Å². The van der Waals surface area contributed by atoms with E-state index in [2.05, 4.69) is 11.9 Å². The number of halogens is 1. The Morgan fingerprint density at radius 1 is 1.64 bits per heavy atom. The van der Waals surface area contributed by atoms with Gasteiger partial charge in [0.2, 0.25) is 5.88 Å². The number of aromatic nitrogens is 2. The summed E-state index contributed by atoms with van der Waals surface area (Å²) in [7, 11) is 1.75. The Hall–Kier alpha value is -0.700. The molecule has 0 spiro atoms. The van der Waals surface area contributed by atoms with Gasteiger partial charge in [-0.05, 0) is 6.42 Å². The maximum absolute atomic E-state index is 9.22. The standard InChI is InChI=1S/C7H11ClN2O/c1-3-4-5-9-6(8)7(11)10(5)2/h11H,3-4H2,1-2H3. The first-order valence-corrected chi connectivity index (χ1v) is 3.94. The average Bonchev–Trinajstić information content (AvgIpc) is 2.19. The van der Waals surface area contributed by atoms with E-state index in [1.165, 1.54) is 0 Å². The van der Waals surface area contributed by atoms with Gasteiger partial charge in [-0.25, -0.2) is 4.98 Å². The van der Waals surface area contributed by atoms with Crippen LogP contribution in [0, 0.1) is 0 Å². The first-order valence-electron chi connectivity index (χ1n) is 3.56. The maximum Gasteiger partial charge on any atom is 0.230 e. The smallest absolute Gasteiger partial charge is 0.230 e. The highest BCUT2D eigenvalue weighted by Crippen LogP contribution is 2.22. The molecule has 0 saturated carbocycles. The highest BCUT2D eigenvalue weighted by atomic mass is 35.5. The van der Waals surface area contributed by atoms with Crippen LogP contribution in [0.25, 0.3) is 0 Å². The number of imidazole rings is 1. The summed E-state index contributed by atoms with van der Waals surface area (Å²) < 4.78 is 1.60. The van der Waals surface area contributed by atoms with Crippen LogP contribution in [-0.2, 0) is 13.5 Å². The van der Waals surface area contributed by atoms with Gasteiger partial charge in [-0.3, -0.25) is 0 Å². The number of nitrogens with zero attached hydrogens (tertiary/aromatic N) is 2. The summed E-state index contributed by atoms with van der Waals surface area (Å²) in [6.07, 6.45) is 1.84. The Kier molecular flexibility index (Phi) is 2.39. The average molecular weight is 175 g/mol. The second-order valence-corrected chi connectivity index (χ2v) is 2.81. The summed E-state index contributed by atoms with van der Waals surface area (Å²) >= 11 is 5.59. The van der Waals surface area contributed by atoms with E-state index >= 15 is 0 Å². The van der Waals surface area contributed by atoms with Crippen LogP contribution in [0.5, 0.6) is 5.88 Å². The van der Waals surface area contributed by atoms with Crippen molar-refractivity contribution in [2.24, 2.45) is 7.05 Å². The third-order valence-electron chi connectivity index (χ3n) is 1.59. The van der Waals surface area contributed by atoms with Crippen molar-refractivity contribution >= 4 is 11.6 Å². The molecule has 0 aliphatic rings. The Morgan fingerprint density at radius 2 is 2.27 bits per heavy atom. The minimum Gasteiger partial charge on any atom is -0.492 e. The third kappa shape index (κ3) is 1.48. The van der Waals surface area contributed by atoms with Crippen LogP contribution in [0.3, 0.4) is 0 Å². The highest BCUT2D eigenvalue weighted by molar-refractivity contribution is 6.30. The van der Waals surface area contributed by atoms with Gasteiger partial charge in [0, 0.05) is 13.5 Å². The summed E-state index contributed by atoms with van der Waals surface area (Å²) in [4.78, 5) is 3.98. The van der Waals surface area contributed by atoms with Crippen LogP contribution in [0.2, 0.25) is 5.15 Å². The topological polar surface area (TPSA) is 38.1 Å². The SMILES string of the molecule is CCCc1nc(Cl)c(O)n1C. The molecule has 0 aliphatic carbocycles. The zero-order chi connectivity index (χ0) is 8.43. The van der Waals surface area contributed by atoms with Gasteiger partial charge in [0.25, 0.3) is 0 Å². The molecule has 0 bridgehead atoms. The first kappa shape index (κ1) is 8.40. The van der Waals surface area contributed by atoms with E-state index < -0.39 is 0 Å². The van der Waals surface area contributed by atoms with E-state index in [0.717, 1.165) is 18.7 Å². The summed E-state index contributed by atoms with van der Waals surface area (Å²) in [5.74, 6) is 0.880. The lowest BCUT2D eigenvalue weighted by Crippen LogP contribution is -1.96. The normalized spacial score (nSPS) is 10.5. The van der Waals surface area contributed by atoms with E-state index in [4.69, 9.17) is 11.6 Å². The van der Waals surface area contributed by atoms with Crippen molar-refractivity contribution in [3.05, 3.63) is 11.0 Å². The van der Waals surface area contributed by atoms with Crippen LogP contribution in [0.15, 0.2) is 0 Å². The summed E-state index contributed by atoms with van der Waals surface area (Å²) in [5.41, 5.74) is 0. The van der Waals surface area contributed by atoms with Gasteiger partial charge in [0.15, 0.2) is 5.15 Å². The number of hydrogen-bond acceptors (Lipinski definition) is 2. The van der Waals surface area contributed by atoms with Gasteiger partial charge in [-0.2, -0.15) is 0 Å². The molecular formula is C7H11ClN2O. The molecular weight excluding hydrogens is 164 g/mol. The van der Waals surface area contributed by atoms with Gasteiger partial charge < -0.3 is 9.67 Å². The first-order chi connectivity index (χ1) is 5.16. The van der Waals surface area contributed by atoms with E-state index in [0.29, 0.717) is 0 Å². The molecule has 3 nitrogen and oxygen atoms in total. The molecule has 62 valence electrons. The Bertz CT molecular complexity index is 257. The number of rotatable bonds is 2. The van der Waals surface area contributed by atoms with Crippen molar-refractivity contribution in [2.75, 3.05) is 0 Å². The van der Waals surface area contributed by atoms with Gasteiger partial charge in [-0.1, -0.05) is 18.5 Å². The minimum absolute atomic E-state index is 0.0510. The third-order valence-corrected chi connectivity index (χ3v) is 1.84. The fraction of sp³-hybridized carbons (Fsp3) is 0.571. The monoisotopic (exact) mass is 174 g/mol. The lowest BCUT2D eigenvalue weighted by Gasteiger charge is -1.97. The predicted molar refractivity (Wildman–Crippen MR) is 43.9 cm³/mol. The maximum atomic E-state index is 9.22. The summed E-state index contributed by atoms with van der Waals surface area (Å²) in [5, 5.41) is 9.41. The minimum atomic E-state index is 0.0510. The molecule has 4 heteroatoms. The molecule has 1 aromatic heterocycles. The zero-order valence-corrected chi connectivity index (χ0v) is 7.39. The van der Waals surface area contributed by atoms with E-state index in [1.807, 2.05) is 0 Å². The number of aryl methyl sites for hydroxylation is 1. The van der Waals surface area contributed by atoms with E-state index in [9.17, 15) is 5.11 Å². The second-order valence-electron chi connectivity index (χ2n) is 2.45. The second kappa shape index (κ2) is 3.13. The molecule has 11 heavy (non-hydrogen) atoms. The fourth-order valence-corrected chi connectivity index (χ4v) is 1.17.